The zero-order chi connectivity index (χ0) is 15.7. The second-order valence-corrected chi connectivity index (χ2v) is 5.38. The molecule has 1 atom stereocenters. The van der Waals surface area contributed by atoms with Crippen LogP contribution in [0.1, 0.15) is 25.3 Å². The maximum absolute atomic E-state index is 11.7. The number of carbonyl (C=O) groups excluding carboxylic acids is 1. The third-order valence-electron chi connectivity index (χ3n) is 3.19. The van der Waals surface area contributed by atoms with E-state index >= 15 is 0 Å². The highest BCUT2D eigenvalue weighted by Crippen LogP contribution is 2.16. The lowest BCUT2D eigenvalue weighted by atomic mass is 10.0. The van der Waals surface area contributed by atoms with Gasteiger partial charge < -0.3 is 19.9 Å². The SMILES string of the molecule is COCCC(C)(O)CNC(=O)CCOc1ccccc1C. The van der Waals surface area contributed by atoms with Crippen LogP contribution in [0.25, 0.3) is 0 Å². The molecule has 21 heavy (non-hydrogen) atoms. The number of amides is 1. The van der Waals surface area contributed by atoms with Crippen LogP contribution in [0.2, 0.25) is 0 Å². The number of aliphatic hydroxyl groups is 1. The van der Waals surface area contributed by atoms with Crippen molar-refractivity contribution in [3.05, 3.63) is 29.8 Å². The minimum absolute atomic E-state index is 0.138. The molecular weight excluding hydrogens is 270 g/mol. The average Bonchev–Trinajstić information content (AvgIpc) is 2.45. The molecule has 0 aliphatic rings. The maximum atomic E-state index is 11.7. The number of para-hydroxylation sites is 1. The lowest BCUT2D eigenvalue weighted by Gasteiger charge is -2.23. The van der Waals surface area contributed by atoms with Crippen molar-refractivity contribution in [3.63, 3.8) is 0 Å². The Morgan fingerprint density at radius 2 is 2.05 bits per heavy atom. The Labute approximate surface area is 126 Å². The standard InChI is InChI=1S/C16H25NO4/c1-13-6-4-5-7-14(13)21-10-8-15(18)17-12-16(2,19)9-11-20-3/h4-7,19H,8-12H2,1-3H3,(H,17,18). The fraction of sp³-hybridized carbons (Fsp3) is 0.562. The van der Waals surface area contributed by atoms with Crippen molar-refractivity contribution in [2.45, 2.75) is 32.3 Å². The summed E-state index contributed by atoms with van der Waals surface area (Å²) in [4.78, 5) is 11.7. The summed E-state index contributed by atoms with van der Waals surface area (Å²) in [6.07, 6.45) is 0.734. The number of methoxy groups -OCH3 is 1. The van der Waals surface area contributed by atoms with E-state index in [1.165, 1.54) is 0 Å². The third-order valence-corrected chi connectivity index (χ3v) is 3.19. The number of carbonyl (C=O) groups is 1. The summed E-state index contributed by atoms with van der Waals surface area (Å²) >= 11 is 0. The van der Waals surface area contributed by atoms with Crippen LogP contribution in [-0.2, 0) is 9.53 Å². The molecule has 0 radical (unpaired) electrons. The number of aryl methyl sites for hydroxylation is 1. The molecule has 1 rings (SSSR count). The van der Waals surface area contributed by atoms with Gasteiger partial charge in [0.15, 0.2) is 0 Å². The van der Waals surface area contributed by atoms with Gasteiger partial charge in [-0.1, -0.05) is 18.2 Å². The molecule has 1 unspecified atom stereocenters. The molecule has 2 N–H and O–H groups in total. The van der Waals surface area contributed by atoms with E-state index in [2.05, 4.69) is 5.32 Å². The van der Waals surface area contributed by atoms with Crippen LogP contribution in [-0.4, -0.2) is 43.5 Å². The fourth-order valence-electron chi connectivity index (χ4n) is 1.76. The van der Waals surface area contributed by atoms with Crippen molar-refractivity contribution in [1.82, 2.24) is 5.32 Å². The van der Waals surface area contributed by atoms with E-state index in [1.807, 2.05) is 31.2 Å². The first-order valence-corrected chi connectivity index (χ1v) is 7.11. The second-order valence-electron chi connectivity index (χ2n) is 5.38. The average molecular weight is 295 g/mol. The van der Waals surface area contributed by atoms with Crippen molar-refractivity contribution >= 4 is 5.91 Å². The van der Waals surface area contributed by atoms with E-state index in [0.717, 1.165) is 11.3 Å². The van der Waals surface area contributed by atoms with Gasteiger partial charge in [-0.05, 0) is 25.5 Å². The molecule has 0 aliphatic carbocycles. The fourth-order valence-corrected chi connectivity index (χ4v) is 1.76. The summed E-state index contributed by atoms with van der Waals surface area (Å²) in [5.74, 6) is 0.652. The molecule has 0 spiro atoms. The predicted octanol–water partition coefficient (Wildman–Crippen LogP) is 1.67. The quantitative estimate of drug-likeness (QED) is 0.727. The highest BCUT2D eigenvalue weighted by molar-refractivity contribution is 5.76. The predicted molar refractivity (Wildman–Crippen MR) is 81.4 cm³/mol. The molecule has 1 aromatic rings. The summed E-state index contributed by atoms with van der Waals surface area (Å²) in [7, 11) is 1.58. The van der Waals surface area contributed by atoms with E-state index in [-0.39, 0.29) is 18.9 Å². The maximum Gasteiger partial charge on any atom is 0.223 e. The van der Waals surface area contributed by atoms with Crippen LogP contribution in [0.3, 0.4) is 0 Å². The first-order valence-electron chi connectivity index (χ1n) is 7.11. The molecule has 0 bridgehead atoms. The Balaban J connectivity index is 2.24. The first-order chi connectivity index (χ1) is 9.94. The molecule has 0 aromatic heterocycles. The van der Waals surface area contributed by atoms with E-state index < -0.39 is 5.60 Å². The number of hydrogen-bond donors (Lipinski definition) is 2. The number of rotatable bonds is 9. The number of ether oxygens (including phenoxy) is 2. The Bertz CT molecular complexity index is 446. The molecule has 1 aromatic carbocycles. The molecular formula is C16H25NO4. The first kappa shape index (κ1) is 17.5. The molecule has 0 fully saturated rings. The molecule has 1 amide bonds. The van der Waals surface area contributed by atoms with Crippen molar-refractivity contribution in [2.24, 2.45) is 0 Å². The minimum atomic E-state index is -0.956. The van der Waals surface area contributed by atoms with Gasteiger partial charge in [0.05, 0.1) is 18.6 Å². The van der Waals surface area contributed by atoms with Gasteiger partial charge in [0.2, 0.25) is 5.91 Å². The lowest BCUT2D eigenvalue weighted by molar-refractivity contribution is -0.122. The number of nitrogens with one attached hydrogen (secondary N) is 1. The molecule has 118 valence electrons. The van der Waals surface area contributed by atoms with Crippen molar-refractivity contribution in [3.8, 4) is 5.75 Å². The second kappa shape index (κ2) is 8.64. The Kier molecular flexibility index (Phi) is 7.19. The van der Waals surface area contributed by atoms with Crippen LogP contribution in [0.5, 0.6) is 5.75 Å². The zero-order valence-corrected chi connectivity index (χ0v) is 13.0. The van der Waals surface area contributed by atoms with Gasteiger partial charge in [-0.15, -0.1) is 0 Å². The topological polar surface area (TPSA) is 67.8 Å². The normalized spacial score (nSPS) is 13.5. The smallest absolute Gasteiger partial charge is 0.223 e. The van der Waals surface area contributed by atoms with Gasteiger partial charge >= 0.3 is 0 Å². The number of benzene rings is 1. The van der Waals surface area contributed by atoms with Gasteiger partial charge in [0.1, 0.15) is 5.75 Å². The summed E-state index contributed by atoms with van der Waals surface area (Å²) in [6, 6.07) is 7.68. The van der Waals surface area contributed by atoms with Crippen LogP contribution in [0.4, 0.5) is 0 Å². The van der Waals surface area contributed by atoms with Gasteiger partial charge in [0.25, 0.3) is 0 Å². The van der Waals surface area contributed by atoms with Crippen LogP contribution in [0, 0.1) is 6.92 Å². The van der Waals surface area contributed by atoms with Crippen molar-refractivity contribution in [1.29, 1.82) is 0 Å². The Hall–Kier alpha value is -1.59. The highest BCUT2D eigenvalue weighted by atomic mass is 16.5. The summed E-state index contributed by atoms with van der Waals surface area (Å²) in [6.45, 7) is 4.62. The van der Waals surface area contributed by atoms with Gasteiger partial charge in [-0.2, -0.15) is 0 Å². The molecule has 0 aliphatic heterocycles. The van der Waals surface area contributed by atoms with Crippen molar-refractivity contribution < 1.29 is 19.4 Å². The highest BCUT2D eigenvalue weighted by Gasteiger charge is 2.20. The van der Waals surface area contributed by atoms with Gasteiger partial charge in [0, 0.05) is 26.7 Å². The lowest BCUT2D eigenvalue weighted by Crippen LogP contribution is -2.41. The van der Waals surface area contributed by atoms with Crippen LogP contribution >= 0.6 is 0 Å². The Morgan fingerprint density at radius 3 is 2.71 bits per heavy atom. The summed E-state index contributed by atoms with van der Waals surface area (Å²) in [5, 5.41) is 12.7. The van der Waals surface area contributed by atoms with Gasteiger partial charge in [-0.3, -0.25) is 4.79 Å². The molecule has 0 heterocycles. The zero-order valence-electron chi connectivity index (χ0n) is 13.0. The summed E-state index contributed by atoms with van der Waals surface area (Å²) in [5.41, 5.74) is 0.0862. The minimum Gasteiger partial charge on any atom is -0.493 e. The van der Waals surface area contributed by atoms with Gasteiger partial charge in [-0.25, -0.2) is 0 Å². The van der Waals surface area contributed by atoms with Crippen molar-refractivity contribution in [2.75, 3.05) is 26.9 Å². The molecule has 0 saturated carbocycles. The van der Waals surface area contributed by atoms with Crippen LogP contribution in [0.15, 0.2) is 24.3 Å². The van der Waals surface area contributed by atoms with E-state index in [4.69, 9.17) is 9.47 Å². The molecule has 0 saturated heterocycles. The molecule has 5 nitrogen and oxygen atoms in total. The van der Waals surface area contributed by atoms with Crippen LogP contribution < -0.4 is 10.1 Å². The van der Waals surface area contributed by atoms with E-state index in [0.29, 0.717) is 19.6 Å². The summed E-state index contributed by atoms with van der Waals surface area (Å²) < 4.78 is 10.5. The largest absolute Gasteiger partial charge is 0.493 e. The third kappa shape index (κ3) is 7.11. The van der Waals surface area contributed by atoms with E-state index in [9.17, 15) is 9.90 Å². The monoisotopic (exact) mass is 295 g/mol. The molecule has 5 heteroatoms. The number of hydrogen-bond acceptors (Lipinski definition) is 4. The Morgan fingerprint density at radius 1 is 1.33 bits per heavy atom. The van der Waals surface area contributed by atoms with E-state index in [1.54, 1.807) is 14.0 Å².